The van der Waals surface area contributed by atoms with Crippen LogP contribution >= 0.6 is 25.3 Å². The maximum atomic E-state index is 15.1. The van der Waals surface area contributed by atoms with Gasteiger partial charge in [-0.3, -0.25) is 77.2 Å². The van der Waals surface area contributed by atoms with Crippen molar-refractivity contribution in [2.75, 3.05) is 37.7 Å². The zero-order valence-electron chi connectivity index (χ0n) is 61.4. The number of hydrogen-bond acceptors (Lipinski definition) is 24. The van der Waals surface area contributed by atoms with Crippen LogP contribution < -0.4 is 92.1 Å². The fraction of sp³-hybridized carbons (Fsp3) is 0.515. The molecule has 0 saturated carbocycles. The standard InChI is InChI=1S/C68H97N23O20S2/c1-33(92)54-64(107)84-46(27-53(96)97)65(108)91-23-6-11-50(91)63(106)82-41(9-4-21-74-67(71)72)56(99)86-49(32-113)62(105)78-40(10-5-22-75-68(73)111)55(98)83-45(26-35-29-76-39-8-3-2-7-38(35)39)60(103)79-43(18-19-51(70)94)57(100)81-44(58(101)85-47(66(109)110)25-34-12-15-37(93)16-13-34)20-24-90-30-36(88-89-90)14-17-42(59(102)87-54)80-61(104)48(31-112)77-52(95)28-69/h2-3,7-8,12-13,15-16,29-30,33,40-50,54,76,92-93,112-113H,4-6,9-11,14,17-28,31-32,69H2,1H3,(H2,70,94)(H,77,95)(H,78,105)(H,79,103)(H,80,104)(H,81,100)(H,82,106)(H,83,98)(H,84,107)(H,85,101)(H,86,99)(H,87,102)(H,96,97)(H,109,110)(H4,71,72,74)(H3,73,75,111)/t33-,40+,41+,42+,43+,44?,45?,46+,47+,48+,49+,50+,54+/m1/s1. The number of thiol groups is 2. The van der Waals surface area contributed by atoms with Crippen molar-refractivity contribution in [3.05, 3.63) is 77.7 Å². The van der Waals surface area contributed by atoms with Crippen LogP contribution in [0.3, 0.4) is 0 Å². The average Bonchev–Trinajstić information content (AvgIpc) is 1.63. The lowest BCUT2D eigenvalue weighted by atomic mass is 10.0. The van der Waals surface area contributed by atoms with Gasteiger partial charge in [-0.25, -0.2) is 9.59 Å². The molecule has 4 heterocycles. The smallest absolute Gasteiger partial charge is 0.326 e. The van der Waals surface area contributed by atoms with Crippen molar-refractivity contribution in [3.63, 3.8) is 0 Å². The molecule has 45 heteroatoms. The first-order valence-corrected chi connectivity index (χ1v) is 37.2. The van der Waals surface area contributed by atoms with E-state index in [0.717, 1.165) is 16.5 Å². The van der Waals surface area contributed by atoms with Crippen LogP contribution in [-0.2, 0) is 97.7 Å². The lowest BCUT2D eigenvalue weighted by Crippen LogP contribution is -2.62. The first kappa shape index (κ1) is 90.0. The maximum absolute atomic E-state index is 15.1. The monoisotopic (exact) mass is 1620 g/mol. The number of aliphatic hydroxyl groups excluding tert-OH is 1. The number of fused-ring (bicyclic) bond motifs is 4. The minimum Gasteiger partial charge on any atom is -0.508 e. The number of nitrogens with one attached hydrogen (secondary N) is 15. The summed E-state index contributed by atoms with van der Waals surface area (Å²) in [6.45, 7) is -0.318. The number of carbonyl (C=O) groups excluding carboxylic acids is 14. The summed E-state index contributed by atoms with van der Waals surface area (Å²) in [7, 11) is 0. The molecule has 6 rings (SSSR count). The van der Waals surface area contributed by atoms with Gasteiger partial charge in [-0.1, -0.05) is 35.5 Å². The number of amides is 15. The zero-order chi connectivity index (χ0) is 83.2. The number of carbonyl (C=O) groups is 16. The summed E-state index contributed by atoms with van der Waals surface area (Å²) < 4.78 is 1.16. The summed E-state index contributed by atoms with van der Waals surface area (Å²) in [5.74, 6) is -18.7. The molecule has 27 N–H and O–H groups in total. The van der Waals surface area contributed by atoms with Crippen LogP contribution in [0.25, 0.3) is 10.9 Å². The summed E-state index contributed by atoms with van der Waals surface area (Å²) in [6.07, 6.45) is -3.90. The molecule has 113 heavy (non-hydrogen) atoms. The molecule has 43 nitrogen and oxygen atoms in total. The van der Waals surface area contributed by atoms with Crippen molar-refractivity contribution in [1.82, 2.24) is 94.0 Å². The third kappa shape index (κ3) is 28.4. The molecule has 2 bridgehead atoms. The molecule has 2 aromatic carbocycles. The molecular weight excluding hydrogens is 1520 g/mol. The van der Waals surface area contributed by atoms with Crippen LogP contribution in [-0.4, -0.2) is 262 Å². The molecule has 2 aliphatic rings. The Bertz CT molecular complexity index is 4090. The minimum absolute atomic E-state index is 0.00218. The number of carboxylic acids is 2. The summed E-state index contributed by atoms with van der Waals surface area (Å²) in [5.41, 5.74) is 23.3. The van der Waals surface area contributed by atoms with E-state index in [4.69, 9.17) is 28.3 Å². The predicted molar refractivity (Wildman–Crippen MR) is 405 cm³/mol. The highest BCUT2D eigenvalue weighted by molar-refractivity contribution is 7.80. The number of nitrogens with zero attached hydrogens (tertiary/aromatic N) is 4. The second kappa shape index (κ2) is 44.2. The Labute approximate surface area is 656 Å². The number of guanidine groups is 1. The number of hydrogen-bond donors (Lipinski definition) is 25. The second-order valence-corrected chi connectivity index (χ2v) is 27.5. The van der Waals surface area contributed by atoms with E-state index in [9.17, 15) is 92.3 Å². The van der Waals surface area contributed by atoms with Crippen molar-refractivity contribution < 1.29 is 97.1 Å². The van der Waals surface area contributed by atoms with E-state index in [1.54, 1.807) is 24.3 Å². The molecule has 0 spiro atoms. The van der Waals surface area contributed by atoms with Gasteiger partial charge >= 0.3 is 18.0 Å². The third-order valence-electron chi connectivity index (χ3n) is 18.2. The van der Waals surface area contributed by atoms with Crippen molar-refractivity contribution >= 4 is 137 Å². The van der Waals surface area contributed by atoms with Crippen molar-refractivity contribution in [2.45, 2.75) is 182 Å². The minimum atomic E-state index is -2.05. The van der Waals surface area contributed by atoms with E-state index < -0.39 is 224 Å². The van der Waals surface area contributed by atoms with Crippen LogP contribution in [0.5, 0.6) is 5.75 Å². The highest BCUT2D eigenvalue weighted by atomic mass is 32.1. The van der Waals surface area contributed by atoms with Gasteiger partial charge in [0.2, 0.25) is 76.8 Å². The highest BCUT2D eigenvalue weighted by Crippen LogP contribution is 2.23. The van der Waals surface area contributed by atoms with Crippen LogP contribution in [0.4, 0.5) is 4.79 Å². The number of phenolic OH excluding ortho intramolecular Hbond substituents is 1. The molecule has 13 atom stereocenters. The van der Waals surface area contributed by atoms with Gasteiger partial charge in [-0.05, 0) is 100 Å². The number of H-pyrrole nitrogens is 1. The number of aromatic hydroxyl groups is 1. The summed E-state index contributed by atoms with van der Waals surface area (Å²) in [5, 5.41) is 90.1. The Kier molecular flexibility index (Phi) is 35.2. The number of aromatic nitrogens is 4. The molecule has 4 aromatic rings. The predicted octanol–water partition coefficient (Wildman–Crippen LogP) is -7.65. The highest BCUT2D eigenvalue weighted by Gasteiger charge is 2.43. The third-order valence-corrected chi connectivity index (χ3v) is 18.9. The van der Waals surface area contributed by atoms with E-state index in [-0.39, 0.29) is 101 Å². The van der Waals surface area contributed by atoms with Crippen molar-refractivity contribution in [3.8, 4) is 5.75 Å². The largest absolute Gasteiger partial charge is 0.508 e. The number of nitrogens with two attached hydrogens (primary N) is 4. The van der Waals surface area contributed by atoms with Gasteiger partial charge < -0.3 is 122 Å². The molecule has 1 fully saturated rings. The fourth-order valence-electron chi connectivity index (χ4n) is 12.2. The number of aliphatic hydroxyl groups is 1. The van der Waals surface area contributed by atoms with Crippen LogP contribution in [0.15, 0.2) is 60.9 Å². The Morgan fingerprint density at radius 3 is 1.89 bits per heavy atom. The van der Waals surface area contributed by atoms with Gasteiger partial charge in [-0.2, -0.15) is 25.3 Å². The maximum Gasteiger partial charge on any atom is 0.326 e. The lowest BCUT2D eigenvalue weighted by molar-refractivity contribution is -0.146. The van der Waals surface area contributed by atoms with Gasteiger partial charge in [0.1, 0.15) is 78.3 Å². The van der Waals surface area contributed by atoms with E-state index in [0.29, 0.717) is 22.0 Å². The molecule has 1 saturated heterocycles. The van der Waals surface area contributed by atoms with Crippen LogP contribution in [0.2, 0.25) is 0 Å². The van der Waals surface area contributed by atoms with Gasteiger partial charge in [0.15, 0.2) is 5.96 Å². The van der Waals surface area contributed by atoms with E-state index in [2.05, 4.69) is 110 Å². The molecular formula is C68H97N23O20S2. The lowest BCUT2D eigenvalue weighted by Gasteiger charge is -2.31. The second-order valence-electron chi connectivity index (χ2n) is 26.7. The first-order chi connectivity index (χ1) is 53.7. The van der Waals surface area contributed by atoms with Crippen molar-refractivity contribution in [2.24, 2.45) is 22.9 Å². The molecule has 0 radical (unpaired) electrons. The van der Waals surface area contributed by atoms with Gasteiger partial charge in [0.05, 0.1) is 24.8 Å². The van der Waals surface area contributed by atoms with Gasteiger partial charge in [0.25, 0.3) is 0 Å². The Balaban J connectivity index is 1.47. The number of benzene rings is 2. The van der Waals surface area contributed by atoms with Crippen molar-refractivity contribution in [1.29, 1.82) is 5.41 Å². The fourth-order valence-corrected chi connectivity index (χ4v) is 12.7. The van der Waals surface area contributed by atoms with Crippen LogP contribution in [0.1, 0.15) is 94.4 Å². The average molecular weight is 1620 g/mol. The van der Waals surface area contributed by atoms with E-state index in [1.165, 1.54) is 36.7 Å². The number of aromatic amines is 1. The molecule has 2 aliphatic heterocycles. The summed E-state index contributed by atoms with van der Waals surface area (Å²) in [4.78, 5) is 227. The molecule has 0 aliphatic carbocycles. The molecule has 616 valence electrons. The topological polar surface area (TPSA) is 688 Å². The summed E-state index contributed by atoms with van der Waals surface area (Å²) in [6, 6.07) is -9.42. The Morgan fingerprint density at radius 2 is 1.28 bits per heavy atom. The number of primary amides is 2. The first-order valence-electron chi connectivity index (χ1n) is 36.0. The number of rotatable bonds is 27. The Hall–Kier alpha value is -11.9. The SMILES string of the molecule is C[C@@H](O)[C@@H]1NC(=O)[C@@H](NC(=O)[C@H](CS)NC(=O)CN)CCc2cn(nn2)CCC(C(=O)N[C@@H](Cc2ccc(O)cc2)C(=O)O)NC(=O)[C@H](CCC(N)=O)NC(=O)C(Cc2c[nH]c3ccccc23)NC(=O)[C@H](CCCNC(N)=O)NC(=O)[C@H](CS)NC(=O)[C@H](CCCNC(=N)N)NC(=O)[C@@H]2CCCN2C(=O)[C@H](CC(=O)O)NC1=O. The van der Waals surface area contributed by atoms with Gasteiger partial charge in [-0.15, -0.1) is 5.10 Å². The number of aliphatic carboxylic acids is 2. The zero-order valence-corrected chi connectivity index (χ0v) is 63.2. The molecule has 2 aromatic heterocycles. The van der Waals surface area contributed by atoms with Crippen LogP contribution in [0, 0.1) is 5.41 Å². The number of carboxylic acid groups (broad SMARTS) is 2. The summed E-state index contributed by atoms with van der Waals surface area (Å²) >= 11 is 8.49. The number of para-hydroxylation sites is 1. The molecule has 15 amide bonds. The number of urea groups is 1. The number of aryl methyl sites for hydroxylation is 2. The van der Waals surface area contributed by atoms with Gasteiger partial charge in [0, 0.05) is 80.2 Å². The van der Waals surface area contributed by atoms with E-state index >= 15 is 4.79 Å². The number of phenols is 1. The Morgan fingerprint density at radius 1 is 0.681 bits per heavy atom. The normalized spacial score (nSPS) is 22.5. The van der Waals surface area contributed by atoms with E-state index in [1.807, 2.05) is 0 Å². The molecule has 2 unspecified atom stereocenters. The quantitative estimate of drug-likeness (QED) is 0.0114.